The maximum atomic E-state index is 12.3. The summed E-state index contributed by atoms with van der Waals surface area (Å²) in [6.45, 7) is 5.40. The number of amides is 1. The van der Waals surface area contributed by atoms with Gasteiger partial charge in [-0.25, -0.2) is 0 Å². The molecule has 0 aliphatic carbocycles. The molecule has 1 aromatic carbocycles. The van der Waals surface area contributed by atoms with E-state index in [4.69, 9.17) is 0 Å². The molecule has 0 bridgehead atoms. The van der Waals surface area contributed by atoms with Crippen molar-refractivity contribution in [3.05, 3.63) is 29.8 Å². The third-order valence-corrected chi connectivity index (χ3v) is 2.62. The number of rotatable bonds is 6. The summed E-state index contributed by atoms with van der Waals surface area (Å²) < 4.78 is 40.8. The molecule has 0 saturated carbocycles. The number of ether oxygens (including phenoxy) is 1. The summed E-state index contributed by atoms with van der Waals surface area (Å²) >= 11 is 0. The van der Waals surface area contributed by atoms with Gasteiger partial charge in [-0.1, -0.05) is 18.2 Å². The molecular weight excluding hydrogens is 285 g/mol. The summed E-state index contributed by atoms with van der Waals surface area (Å²) in [6, 6.07) is 5.30. The van der Waals surface area contributed by atoms with Crippen molar-refractivity contribution in [2.75, 3.05) is 0 Å². The Bertz CT molecular complexity index is 476. The van der Waals surface area contributed by atoms with Gasteiger partial charge < -0.3 is 15.4 Å². The van der Waals surface area contributed by atoms with Gasteiger partial charge in [-0.05, 0) is 26.8 Å². The normalized spacial score (nSPS) is 13.1. The number of halogens is 3. The van der Waals surface area contributed by atoms with E-state index in [1.54, 1.807) is 13.0 Å². The van der Waals surface area contributed by atoms with Gasteiger partial charge in [-0.15, -0.1) is 13.2 Å². The van der Waals surface area contributed by atoms with Crippen molar-refractivity contribution in [3.8, 4) is 5.75 Å². The van der Waals surface area contributed by atoms with E-state index in [0.717, 1.165) is 0 Å². The predicted molar refractivity (Wildman–Crippen MR) is 72.7 cm³/mol. The first-order chi connectivity index (χ1) is 9.69. The third kappa shape index (κ3) is 6.48. The summed E-state index contributed by atoms with van der Waals surface area (Å²) in [6.07, 6.45) is -4.74. The Kier molecular flexibility index (Phi) is 6.02. The first kappa shape index (κ1) is 17.3. The molecule has 1 amide bonds. The molecule has 0 heterocycles. The molecule has 7 heteroatoms. The zero-order chi connectivity index (χ0) is 16.0. The van der Waals surface area contributed by atoms with E-state index < -0.39 is 12.4 Å². The van der Waals surface area contributed by atoms with Gasteiger partial charge in [0, 0.05) is 18.2 Å². The Labute approximate surface area is 121 Å². The second-order valence-corrected chi connectivity index (χ2v) is 4.92. The SMILES string of the molecule is CC(C)NC(=O)C(C)NCc1ccccc1OC(F)(F)F. The summed E-state index contributed by atoms with van der Waals surface area (Å²) in [5.41, 5.74) is 0.332. The van der Waals surface area contributed by atoms with E-state index in [1.807, 2.05) is 13.8 Å². The maximum absolute atomic E-state index is 12.3. The zero-order valence-electron chi connectivity index (χ0n) is 12.1. The minimum atomic E-state index is -4.74. The quantitative estimate of drug-likeness (QED) is 0.849. The fourth-order valence-corrected chi connectivity index (χ4v) is 1.64. The van der Waals surface area contributed by atoms with Gasteiger partial charge >= 0.3 is 6.36 Å². The van der Waals surface area contributed by atoms with Gasteiger partial charge in [0.15, 0.2) is 0 Å². The van der Waals surface area contributed by atoms with Crippen LogP contribution < -0.4 is 15.4 Å². The average molecular weight is 304 g/mol. The lowest BCUT2D eigenvalue weighted by Gasteiger charge is -2.18. The van der Waals surface area contributed by atoms with Crippen molar-refractivity contribution in [1.82, 2.24) is 10.6 Å². The van der Waals surface area contributed by atoms with Crippen molar-refractivity contribution in [1.29, 1.82) is 0 Å². The zero-order valence-corrected chi connectivity index (χ0v) is 12.1. The predicted octanol–water partition coefficient (Wildman–Crippen LogP) is 2.59. The summed E-state index contributed by atoms with van der Waals surface area (Å²) in [5.74, 6) is -0.479. The van der Waals surface area contributed by atoms with Gasteiger partial charge in [0.25, 0.3) is 0 Å². The first-order valence-electron chi connectivity index (χ1n) is 6.56. The number of hydrogen-bond donors (Lipinski definition) is 2. The molecule has 1 rings (SSSR count). The summed E-state index contributed by atoms with van der Waals surface area (Å²) in [4.78, 5) is 11.7. The van der Waals surface area contributed by atoms with Crippen LogP contribution in [0.15, 0.2) is 24.3 Å². The highest BCUT2D eigenvalue weighted by Gasteiger charge is 2.32. The number of carbonyl (C=O) groups excluding carboxylic acids is 1. The van der Waals surface area contributed by atoms with Crippen LogP contribution in [-0.2, 0) is 11.3 Å². The second-order valence-electron chi connectivity index (χ2n) is 4.92. The molecule has 0 saturated heterocycles. The number of para-hydroxylation sites is 1. The molecule has 1 aromatic rings. The van der Waals surface area contributed by atoms with E-state index in [-0.39, 0.29) is 24.2 Å². The molecule has 0 radical (unpaired) electrons. The highest BCUT2D eigenvalue weighted by Crippen LogP contribution is 2.26. The molecule has 1 atom stereocenters. The largest absolute Gasteiger partial charge is 0.573 e. The Hall–Kier alpha value is -1.76. The van der Waals surface area contributed by atoms with Crippen LogP contribution in [0.3, 0.4) is 0 Å². The molecule has 0 fully saturated rings. The van der Waals surface area contributed by atoms with Gasteiger partial charge in [-0.2, -0.15) is 0 Å². The molecule has 21 heavy (non-hydrogen) atoms. The molecular formula is C14H19F3N2O2. The fourth-order valence-electron chi connectivity index (χ4n) is 1.64. The Balaban J connectivity index is 2.65. The van der Waals surface area contributed by atoms with Gasteiger partial charge in [0.2, 0.25) is 5.91 Å². The van der Waals surface area contributed by atoms with E-state index in [9.17, 15) is 18.0 Å². The smallest absolute Gasteiger partial charge is 0.405 e. The average Bonchev–Trinajstić information content (AvgIpc) is 2.34. The highest BCUT2D eigenvalue weighted by atomic mass is 19.4. The summed E-state index contributed by atoms with van der Waals surface area (Å²) in [7, 11) is 0. The first-order valence-corrected chi connectivity index (χ1v) is 6.56. The molecule has 0 aliphatic rings. The van der Waals surface area contributed by atoms with Gasteiger partial charge in [0.05, 0.1) is 6.04 Å². The second kappa shape index (κ2) is 7.31. The Morgan fingerprint density at radius 1 is 1.24 bits per heavy atom. The van der Waals surface area contributed by atoms with Crippen LogP contribution in [0.1, 0.15) is 26.3 Å². The Morgan fingerprint density at radius 3 is 2.43 bits per heavy atom. The number of carbonyl (C=O) groups is 1. The van der Waals surface area contributed by atoms with E-state index >= 15 is 0 Å². The maximum Gasteiger partial charge on any atom is 0.573 e. The fraction of sp³-hybridized carbons (Fsp3) is 0.500. The van der Waals surface area contributed by atoms with Crippen LogP contribution in [0.4, 0.5) is 13.2 Å². The minimum Gasteiger partial charge on any atom is -0.405 e. The van der Waals surface area contributed by atoms with E-state index in [0.29, 0.717) is 5.56 Å². The standard InChI is InChI=1S/C14H19F3N2O2/c1-9(2)19-13(20)10(3)18-8-11-6-4-5-7-12(11)21-14(15,16)17/h4-7,9-10,18H,8H2,1-3H3,(H,19,20). The lowest BCUT2D eigenvalue weighted by atomic mass is 10.2. The number of benzene rings is 1. The van der Waals surface area contributed by atoms with Crippen molar-refractivity contribution in [2.45, 2.75) is 45.8 Å². The lowest BCUT2D eigenvalue weighted by Crippen LogP contribution is -2.44. The van der Waals surface area contributed by atoms with Crippen LogP contribution in [0, 0.1) is 0 Å². The van der Waals surface area contributed by atoms with Crippen molar-refractivity contribution >= 4 is 5.91 Å². The highest BCUT2D eigenvalue weighted by molar-refractivity contribution is 5.81. The molecule has 1 unspecified atom stereocenters. The molecule has 0 spiro atoms. The molecule has 4 nitrogen and oxygen atoms in total. The topological polar surface area (TPSA) is 50.4 Å². The van der Waals surface area contributed by atoms with Crippen molar-refractivity contribution in [3.63, 3.8) is 0 Å². The minimum absolute atomic E-state index is 0.00241. The third-order valence-electron chi connectivity index (χ3n) is 2.62. The van der Waals surface area contributed by atoms with E-state index in [2.05, 4.69) is 15.4 Å². The van der Waals surface area contributed by atoms with Gasteiger partial charge in [0.1, 0.15) is 5.75 Å². The molecule has 2 N–H and O–H groups in total. The molecule has 0 aromatic heterocycles. The van der Waals surface area contributed by atoms with Crippen LogP contribution in [0.2, 0.25) is 0 Å². The monoisotopic (exact) mass is 304 g/mol. The molecule has 118 valence electrons. The van der Waals surface area contributed by atoms with Crippen LogP contribution in [0.25, 0.3) is 0 Å². The Morgan fingerprint density at radius 2 is 1.86 bits per heavy atom. The van der Waals surface area contributed by atoms with Crippen LogP contribution >= 0.6 is 0 Å². The van der Waals surface area contributed by atoms with Gasteiger partial charge in [-0.3, -0.25) is 4.79 Å². The number of nitrogens with one attached hydrogen (secondary N) is 2. The molecule has 0 aliphatic heterocycles. The number of alkyl halides is 3. The van der Waals surface area contributed by atoms with Crippen LogP contribution in [0.5, 0.6) is 5.75 Å². The van der Waals surface area contributed by atoms with Crippen molar-refractivity contribution in [2.24, 2.45) is 0 Å². The lowest BCUT2D eigenvalue weighted by molar-refractivity contribution is -0.274. The van der Waals surface area contributed by atoms with E-state index in [1.165, 1.54) is 18.2 Å². The summed E-state index contributed by atoms with van der Waals surface area (Å²) in [5, 5.41) is 5.59. The van der Waals surface area contributed by atoms with Crippen molar-refractivity contribution < 1.29 is 22.7 Å². The van der Waals surface area contributed by atoms with Crippen LogP contribution in [-0.4, -0.2) is 24.4 Å². The number of hydrogen-bond acceptors (Lipinski definition) is 3.